The fraction of sp³-hybridized carbons (Fsp3) is 0.154. The molecule has 2 aliphatic heterocycles. The Morgan fingerprint density at radius 3 is 2.29 bits per heavy atom. The first kappa shape index (κ1) is 18.6. The van der Waals surface area contributed by atoms with Crippen LogP contribution in [0.25, 0.3) is 10.8 Å². The second-order valence-electron chi connectivity index (χ2n) is 8.23. The van der Waals surface area contributed by atoms with Gasteiger partial charge in [-0.1, -0.05) is 78.4 Å². The number of fused-ring (bicyclic) bond motifs is 4. The number of rotatable bonds is 3. The summed E-state index contributed by atoms with van der Waals surface area (Å²) in [5.41, 5.74) is 3.10. The number of sulfonamides is 1. The van der Waals surface area contributed by atoms with Gasteiger partial charge in [0.25, 0.3) is 0 Å². The maximum Gasteiger partial charge on any atom is 0.246 e. The van der Waals surface area contributed by atoms with Crippen LogP contribution in [0.15, 0.2) is 95.9 Å². The Labute approximate surface area is 181 Å². The van der Waals surface area contributed by atoms with E-state index in [9.17, 15) is 8.42 Å². The first-order valence-electron chi connectivity index (χ1n) is 10.4. The van der Waals surface area contributed by atoms with E-state index in [1.807, 2.05) is 67.6 Å². The summed E-state index contributed by atoms with van der Waals surface area (Å²) >= 11 is 0. The fourth-order valence-electron chi connectivity index (χ4n) is 4.93. The van der Waals surface area contributed by atoms with Crippen molar-refractivity contribution in [1.29, 1.82) is 0 Å². The second kappa shape index (κ2) is 6.67. The van der Waals surface area contributed by atoms with Gasteiger partial charge in [0.05, 0.1) is 16.9 Å². The summed E-state index contributed by atoms with van der Waals surface area (Å²) in [5, 5.41) is 2.17. The second-order valence-corrected chi connectivity index (χ2v) is 10.1. The average molecular weight is 428 g/mol. The van der Waals surface area contributed by atoms with Crippen molar-refractivity contribution in [1.82, 2.24) is 4.31 Å². The topological polar surface area (TPSA) is 46.6 Å². The number of benzene rings is 4. The molecule has 31 heavy (non-hydrogen) atoms. The van der Waals surface area contributed by atoms with E-state index >= 15 is 0 Å². The van der Waals surface area contributed by atoms with Crippen LogP contribution in [0.1, 0.15) is 28.7 Å². The van der Waals surface area contributed by atoms with Crippen LogP contribution in [0, 0.1) is 6.92 Å². The Morgan fingerprint density at radius 2 is 1.45 bits per heavy atom. The van der Waals surface area contributed by atoms with Crippen LogP contribution >= 0.6 is 0 Å². The summed E-state index contributed by atoms with van der Waals surface area (Å²) in [5.74, 6) is 0.728. The highest BCUT2D eigenvalue weighted by molar-refractivity contribution is 7.89. The molecular weight excluding hydrogens is 406 g/mol. The Hall–Kier alpha value is -3.15. The molecule has 0 bridgehead atoms. The zero-order valence-electron chi connectivity index (χ0n) is 17.0. The van der Waals surface area contributed by atoms with Crippen molar-refractivity contribution < 1.29 is 13.2 Å². The van der Waals surface area contributed by atoms with Crippen LogP contribution in [-0.2, 0) is 10.0 Å². The van der Waals surface area contributed by atoms with Crippen molar-refractivity contribution >= 4 is 20.8 Å². The van der Waals surface area contributed by atoms with Gasteiger partial charge in [0.2, 0.25) is 10.0 Å². The van der Waals surface area contributed by atoms with E-state index in [-0.39, 0.29) is 12.0 Å². The van der Waals surface area contributed by atoms with E-state index in [0.29, 0.717) is 4.90 Å². The number of hydrogen-bond donors (Lipinski definition) is 0. The van der Waals surface area contributed by atoms with Gasteiger partial charge in [-0.05, 0) is 41.5 Å². The van der Waals surface area contributed by atoms with E-state index in [0.717, 1.165) is 33.2 Å². The van der Waals surface area contributed by atoms with Crippen molar-refractivity contribution in [3.63, 3.8) is 0 Å². The molecule has 4 nitrogen and oxygen atoms in total. The molecule has 0 radical (unpaired) electrons. The van der Waals surface area contributed by atoms with E-state index in [4.69, 9.17) is 4.74 Å². The number of hydrogen-bond acceptors (Lipinski definition) is 3. The molecule has 3 atom stereocenters. The maximum absolute atomic E-state index is 13.8. The molecule has 1 unspecified atom stereocenters. The van der Waals surface area contributed by atoms with Gasteiger partial charge < -0.3 is 4.74 Å². The Kier molecular flexibility index (Phi) is 4.01. The lowest BCUT2D eigenvalue weighted by molar-refractivity contribution is -0.0424. The van der Waals surface area contributed by atoms with Crippen LogP contribution in [0.2, 0.25) is 0 Å². The third-order valence-electron chi connectivity index (χ3n) is 6.44. The molecule has 0 amide bonds. The molecule has 154 valence electrons. The predicted octanol–water partition coefficient (Wildman–Crippen LogP) is 5.40. The maximum atomic E-state index is 13.8. The Balaban J connectivity index is 1.55. The highest BCUT2D eigenvalue weighted by atomic mass is 32.2. The van der Waals surface area contributed by atoms with Gasteiger partial charge in [0, 0.05) is 5.56 Å². The van der Waals surface area contributed by atoms with Crippen LogP contribution in [0.3, 0.4) is 0 Å². The van der Waals surface area contributed by atoms with Crippen molar-refractivity contribution in [3.8, 4) is 5.75 Å². The quantitative estimate of drug-likeness (QED) is 0.440. The third-order valence-corrected chi connectivity index (χ3v) is 8.29. The zero-order chi connectivity index (χ0) is 21.2. The number of para-hydroxylation sites is 1. The third kappa shape index (κ3) is 2.67. The summed E-state index contributed by atoms with van der Waals surface area (Å²) in [7, 11) is -3.75. The molecular formula is C26H21NO3S. The lowest BCUT2D eigenvalue weighted by Gasteiger charge is -2.49. The molecule has 0 aromatic heterocycles. The molecule has 1 saturated heterocycles. The molecule has 4 aromatic rings. The molecule has 2 aliphatic rings. The number of ether oxygens (including phenoxy) is 1. The van der Waals surface area contributed by atoms with Crippen LogP contribution in [-0.4, -0.2) is 19.0 Å². The van der Waals surface area contributed by atoms with Crippen LogP contribution in [0.5, 0.6) is 5.75 Å². The van der Waals surface area contributed by atoms with Gasteiger partial charge in [-0.25, -0.2) is 8.42 Å². The molecule has 1 fully saturated rings. The molecule has 0 aliphatic carbocycles. The van der Waals surface area contributed by atoms with E-state index in [1.165, 1.54) is 0 Å². The van der Waals surface area contributed by atoms with E-state index in [2.05, 4.69) is 18.2 Å². The Bertz CT molecular complexity index is 1410. The van der Waals surface area contributed by atoms with Gasteiger partial charge >= 0.3 is 0 Å². The standard InChI is InChI=1S/C26H21NO3S/c1-17-13-15-19(16-14-17)31(28,29)27-25(21-11-6-8-18-7-2-3-9-20(18)21)24-22-10-4-5-12-23(22)30-26(24)27/h2-16,24-26H,1H3/t24-,25+,26?/m0/s1. The average Bonchev–Trinajstić information content (AvgIpc) is 3.07. The van der Waals surface area contributed by atoms with E-state index < -0.39 is 16.3 Å². The lowest BCUT2D eigenvalue weighted by atomic mass is 9.79. The molecule has 5 heteroatoms. The highest BCUT2D eigenvalue weighted by Crippen LogP contribution is 2.59. The van der Waals surface area contributed by atoms with Crippen LogP contribution < -0.4 is 4.74 Å². The minimum Gasteiger partial charge on any atom is -0.473 e. The lowest BCUT2D eigenvalue weighted by Crippen LogP contribution is -2.59. The summed E-state index contributed by atoms with van der Waals surface area (Å²) in [4.78, 5) is 0.293. The summed E-state index contributed by atoms with van der Waals surface area (Å²) in [6, 6.07) is 28.8. The first-order chi connectivity index (χ1) is 15.1. The summed E-state index contributed by atoms with van der Waals surface area (Å²) in [6.07, 6.45) is -0.535. The molecule has 0 saturated carbocycles. The summed E-state index contributed by atoms with van der Waals surface area (Å²) in [6.45, 7) is 1.95. The minimum atomic E-state index is -3.75. The predicted molar refractivity (Wildman–Crippen MR) is 120 cm³/mol. The molecule has 2 heterocycles. The zero-order valence-corrected chi connectivity index (χ0v) is 17.8. The summed E-state index contributed by atoms with van der Waals surface area (Å²) < 4.78 is 35.3. The SMILES string of the molecule is Cc1ccc(S(=O)(=O)N2C3Oc4ccccc4[C@H]3[C@H]2c2cccc3ccccc23)cc1. The van der Waals surface area contributed by atoms with Crippen molar-refractivity contribution in [2.75, 3.05) is 0 Å². The fourth-order valence-corrected chi connectivity index (χ4v) is 6.64. The van der Waals surface area contributed by atoms with Gasteiger partial charge in [0.15, 0.2) is 6.23 Å². The monoisotopic (exact) mass is 427 g/mol. The molecule has 6 rings (SSSR count). The van der Waals surface area contributed by atoms with Gasteiger partial charge in [-0.15, -0.1) is 0 Å². The first-order valence-corrected chi connectivity index (χ1v) is 11.8. The van der Waals surface area contributed by atoms with E-state index in [1.54, 1.807) is 16.4 Å². The van der Waals surface area contributed by atoms with Gasteiger partial charge in [-0.3, -0.25) is 0 Å². The van der Waals surface area contributed by atoms with Crippen LogP contribution in [0.4, 0.5) is 0 Å². The van der Waals surface area contributed by atoms with Crippen molar-refractivity contribution in [3.05, 3.63) is 108 Å². The normalized spacial score (nSPS) is 22.4. The minimum absolute atomic E-state index is 0.0396. The largest absolute Gasteiger partial charge is 0.473 e. The smallest absolute Gasteiger partial charge is 0.246 e. The van der Waals surface area contributed by atoms with Crippen molar-refractivity contribution in [2.45, 2.75) is 30.0 Å². The van der Waals surface area contributed by atoms with Gasteiger partial charge in [0.1, 0.15) is 5.75 Å². The molecule has 0 spiro atoms. The Morgan fingerprint density at radius 1 is 0.774 bits per heavy atom. The van der Waals surface area contributed by atoms with Gasteiger partial charge in [-0.2, -0.15) is 4.31 Å². The molecule has 0 N–H and O–H groups in total. The highest BCUT2D eigenvalue weighted by Gasteiger charge is 2.61. The van der Waals surface area contributed by atoms with Crippen molar-refractivity contribution in [2.24, 2.45) is 0 Å². The number of aryl methyl sites for hydroxylation is 1. The number of nitrogens with zero attached hydrogens (tertiary/aromatic N) is 1. The molecule has 4 aromatic carbocycles.